The Morgan fingerprint density at radius 3 is 2.84 bits per heavy atom. The van der Waals surface area contributed by atoms with Crippen molar-refractivity contribution in [2.24, 2.45) is 0 Å². The minimum absolute atomic E-state index is 0.121. The Bertz CT molecular complexity index is 482. The zero-order valence-corrected chi connectivity index (χ0v) is 11.2. The third kappa shape index (κ3) is 2.65. The van der Waals surface area contributed by atoms with Crippen LogP contribution in [0.4, 0.5) is 4.39 Å². The van der Waals surface area contributed by atoms with Crippen LogP contribution in [0.3, 0.4) is 0 Å². The van der Waals surface area contributed by atoms with Crippen LogP contribution in [0.5, 0.6) is 0 Å². The number of aromatic nitrogens is 3. The molecule has 1 aliphatic rings. The highest BCUT2D eigenvalue weighted by Crippen LogP contribution is 2.32. The second-order valence-electron chi connectivity index (χ2n) is 4.75. The van der Waals surface area contributed by atoms with Crippen molar-refractivity contribution in [2.75, 3.05) is 13.7 Å². The van der Waals surface area contributed by atoms with E-state index in [-0.39, 0.29) is 12.1 Å². The summed E-state index contributed by atoms with van der Waals surface area (Å²) in [6.45, 7) is 3.49. The number of likely N-dealkylation sites (tertiary alicyclic amines) is 1. The molecule has 1 aromatic heterocycles. The van der Waals surface area contributed by atoms with E-state index in [1.807, 2.05) is 0 Å². The van der Waals surface area contributed by atoms with E-state index in [1.165, 1.54) is 11.2 Å². The molecule has 2 atom stereocenters. The average Bonchev–Trinajstić information content (AvgIpc) is 3.04. The zero-order valence-electron chi connectivity index (χ0n) is 11.2. The van der Waals surface area contributed by atoms with Crippen molar-refractivity contribution in [3.05, 3.63) is 23.6 Å². The number of aromatic amines is 1. The monoisotopic (exact) mass is 268 g/mol. The highest BCUT2D eigenvalue weighted by atomic mass is 19.1. The number of allylic oxidation sites excluding steroid dienone is 1. The number of rotatable bonds is 3. The van der Waals surface area contributed by atoms with Crippen LogP contribution < -0.4 is 0 Å². The Labute approximate surface area is 110 Å². The number of amides is 1. The van der Waals surface area contributed by atoms with E-state index in [0.717, 1.165) is 0 Å². The zero-order chi connectivity index (χ0) is 14.0. The summed E-state index contributed by atoms with van der Waals surface area (Å²) in [7, 11) is 1.58. The largest absolute Gasteiger partial charge is 0.380 e. The van der Waals surface area contributed by atoms with E-state index in [9.17, 15) is 9.18 Å². The summed E-state index contributed by atoms with van der Waals surface area (Å²) >= 11 is 0. The molecule has 0 unspecified atom stereocenters. The van der Waals surface area contributed by atoms with Gasteiger partial charge >= 0.3 is 0 Å². The first-order chi connectivity index (χ1) is 9.04. The van der Waals surface area contributed by atoms with Crippen molar-refractivity contribution in [1.82, 2.24) is 20.1 Å². The van der Waals surface area contributed by atoms with Gasteiger partial charge in [-0.2, -0.15) is 5.10 Å². The van der Waals surface area contributed by atoms with Gasteiger partial charge in [0.05, 0.1) is 12.1 Å². The molecular weight excluding hydrogens is 251 g/mol. The lowest BCUT2D eigenvalue weighted by Crippen LogP contribution is -2.33. The first kappa shape index (κ1) is 13.7. The maximum Gasteiger partial charge on any atom is 0.283 e. The van der Waals surface area contributed by atoms with Crippen LogP contribution in [0, 0.1) is 0 Å². The first-order valence-electron chi connectivity index (χ1n) is 6.06. The summed E-state index contributed by atoms with van der Waals surface area (Å²) < 4.78 is 19.1. The smallest absolute Gasteiger partial charge is 0.283 e. The van der Waals surface area contributed by atoms with E-state index < -0.39 is 11.7 Å². The molecule has 0 radical (unpaired) electrons. The number of hydrogen-bond donors (Lipinski definition) is 1. The second-order valence-corrected chi connectivity index (χ2v) is 4.75. The molecule has 104 valence electrons. The number of carbonyl (C=O) groups excluding carboxylic acids is 1. The van der Waals surface area contributed by atoms with Crippen molar-refractivity contribution < 1.29 is 13.9 Å². The lowest BCUT2D eigenvalue weighted by atomic mass is 10.2. The summed E-state index contributed by atoms with van der Waals surface area (Å²) in [5, 5.41) is 6.50. The fourth-order valence-corrected chi connectivity index (χ4v) is 2.17. The topological polar surface area (TPSA) is 71.1 Å². The van der Waals surface area contributed by atoms with Crippen LogP contribution in [-0.2, 0) is 9.53 Å². The van der Waals surface area contributed by atoms with Crippen LogP contribution in [-0.4, -0.2) is 45.7 Å². The molecule has 2 heterocycles. The molecule has 1 aromatic rings. The molecule has 1 fully saturated rings. The third-order valence-corrected chi connectivity index (χ3v) is 3.23. The molecule has 1 saturated heterocycles. The molecule has 0 spiro atoms. The van der Waals surface area contributed by atoms with Gasteiger partial charge in [-0.3, -0.25) is 9.89 Å². The van der Waals surface area contributed by atoms with E-state index >= 15 is 0 Å². The maximum absolute atomic E-state index is 13.8. The van der Waals surface area contributed by atoms with E-state index in [1.54, 1.807) is 21.0 Å². The van der Waals surface area contributed by atoms with Crippen LogP contribution in [0.2, 0.25) is 0 Å². The van der Waals surface area contributed by atoms with Gasteiger partial charge in [0.2, 0.25) is 0 Å². The first-order valence-corrected chi connectivity index (χ1v) is 6.06. The van der Waals surface area contributed by atoms with Gasteiger partial charge in [0.15, 0.2) is 5.83 Å². The van der Waals surface area contributed by atoms with Crippen LogP contribution >= 0.6 is 0 Å². The molecular formula is C12H17FN4O2. The summed E-state index contributed by atoms with van der Waals surface area (Å²) in [5.74, 6) is -0.795. The third-order valence-electron chi connectivity index (χ3n) is 3.23. The molecule has 1 amide bonds. The van der Waals surface area contributed by atoms with E-state index in [0.29, 0.717) is 24.4 Å². The van der Waals surface area contributed by atoms with Crippen molar-refractivity contribution in [3.8, 4) is 0 Å². The van der Waals surface area contributed by atoms with Gasteiger partial charge in [0, 0.05) is 20.1 Å². The predicted octanol–water partition coefficient (Wildman–Crippen LogP) is 1.36. The van der Waals surface area contributed by atoms with Crippen molar-refractivity contribution in [3.63, 3.8) is 0 Å². The minimum atomic E-state index is -0.721. The van der Waals surface area contributed by atoms with Crippen molar-refractivity contribution >= 4 is 5.91 Å². The molecule has 1 N–H and O–H groups in total. The molecule has 2 rings (SSSR count). The summed E-state index contributed by atoms with van der Waals surface area (Å²) in [6, 6.07) is -0.329. The van der Waals surface area contributed by atoms with Gasteiger partial charge < -0.3 is 9.64 Å². The Morgan fingerprint density at radius 2 is 2.32 bits per heavy atom. The van der Waals surface area contributed by atoms with Crippen LogP contribution in [0.25, 0.3) is 0 Å². The van der Waals surface area contributed by atoms with Gasteiger partial charge in [-0.25, -0.2) is 9.37 Å². The number of carbonyl (C=O) groups is 1. The number of H-pyrrole nitrogens is 1. The van der Waals surface area contributed by atoms with Gasteiger partial charge in [-0.05, 0) is 19.4 Å². The van der Waals surface area contributed by atoms with E-state index in [4.69, 9.17) is 4.74 Å². The Morgan fingerprint density at radius 1 is 1.58 bits per heavy atom. The molecule has 0 saturated carbocycles. The van der Waals surface area contributed by atoms with Gasteiger partial charge in [-0.1, -0.05) is 0 Å². The standard InChI is InChI=1S/C12H17FN4O2/c1-7(2)10(13)12(18)17-5-8(19-3)4-9(17)11-14-6-15-16-11/h6,8-9H,4-5H2,1-3H3,(H,14,15,16)/t8-,9+/m1/s1. The lowest BCUT2D eigenvalue weighted by Gasteiger charge is -2.22. The predicted molar refractivity (Wildman–Crippen MR) is 65.7 cm³/mol. The normalized spacial score (nSPS) is 22.6. The molecule has 0 aliphatic carbocycles. The van der Waals surface area contributed by atoms with Crippen LogP contribution in [0.1, 0.15) is 32.1 Å². The number of nitrogens with one attached hydrogen (secondary N) is 1. The minimum Gasteiger partial charge on any atom is -0.380 e. The SMILES string of the molecule is CO[C@@H]1C[C@@H](c2ncn[nH]2)N(C(=O)C(F)=C(C)C)C1. The molecule has 19 heavy (non-hydrogen) atoms. The van der Waals surface area contributed by atoms with Gasteiger partial charge in [0.1, 0.15) is 12.2 Å². The molecule has 0 aromatic carbocycles. The number of halogens is 1. The van der Waals surface area contributed by atoms with Gasteiger partial charge in [0.25, 0.3) is 5.91 Å². The Hall–Kier alpha value is -1.76. The molecule has 7 heteroatoms. The van der Waals surface area contributed by atoms with E-state index in [2.05, 4.69) is 15.2 Å². The van der Waals surface area contributed by atoms with Gasteiger partial charge in [-0.15, -0.1) is 0 Å². The summed E-state index contributed by atoms with van der Waals surface area (Å²) in [4.78, 5) is 17.6. The summed E-state index contributed by atoms with van der Waals surface area (Å²) in [5.41, 5.74) is 0.363. The summed E-state index contributed by atoms with van der Waals surface area (Å²) in [6.07, 6.45) is 1.83. The Balaban J connectivity index is 2.26. The highest BCUT2D eigenvalue weighted by Gasteiger charge is 2.39. The average molecular weight is 268 g/mol. The number of hydrogen-bond acceptors (Lipinski definition) is 4. The lowest BCUT2D eigenvalue weighted by molar-refractivity contribution is -0.130. The van der Waals surface area contributed by atoms with Crippen molar-refractivity contribution in [1.29, 1.82) is 0 Å². The molecule has 1 aliphatic heterocycles. The number of methoxy groups -OCH3 is 1. The van der Waals surface area contributed by atoms with Crippen LogP contribution in [0.15, 0.2) is 17.7 Å². The number of ether oxygens (including phenoxy) is 1. The Kier molecular flexibility index (Phi) is 3.94. The molecule has 6 nitrogen and oxygen atoms in total. The fraction of sp³-hybridized carbons (Fsp3) is 0.583. The number of nitrogens with zero attached hydrogens (tertiary/aromatic N) is 3. The maximum atomic E-state index is 13.8. The second kappa shape index (κ2) is 5.48. The quantitative estimate of drug-likeness (QED) is 0.840. The highest BCUT2D eigenvalue weighted by molar-refractivity contribution is 5.92. The van der Waals surface area contributed by atoms with Crippen molar-refractivity contribution in [2.45, 2.75) is 32.4 Å². The molecule has 0 bridgehead atoms. The fourth-order valence-electron chi connectivity index (χ4n) is 2.17.